The maximum Gasteiger partial charge on any atom is 0.416 e. The monoisotopic (exact) mass is 589 g/mol. The first kappa shape index (κ1) is 29.5. The lowest BCUT2D eigenvalue weighted by Gasteiger charge is -2.42. The summed E-state index contributed by atoms with van der Waals surface area (Å²) in [5, 5.41) is 29.4. The van der Waals surface area contributed by atoms with Gasteiger partial charge in [0.1, 0.15) is 6.04 Å². The topological polar surface area (TPSA) is 147 Å². The van der Waals surface area contributed by atoms with Gasteiger partial charge in [0, 0.05) is 17.6 Å². The van der Waals surface area contributed by atoms with Gasteiger partial charge in [-0.15, -0.1) is 0 Å². The average Bonchev–Trinajstić information content (AvgIpc) is 3.24. The van der Waals surface area contributed by atoms with Gasteiger partial charge in [-0.3, -0.25) is 4.90 Å². The van der Waals surface area contributed by atoms with Crippen LogP contribution in [0.5, 0.6) is 0 Å². The van der Waals surface area contributed by atoms with Crippen LogP contribution in [0, 0.1) is 17.9 Å². The Morgan fingerprint density at radius 2 is 1.78 bits per heavy atom. The number of rotatable bonds is 3. The Hall–Kier alpha value is -4.44. The van der Waals surface area contributed by atoms with E-state index in [1.807, 2.05) is 0 Å². The Kier molecular flexibility index (Phi) is 7.57. The number of aliphatic hydroxyl groups is 2. The van der Waals surface area contributed by atoms with E-state index in [9.17, 15) is 46.7 Å². The number of likely N-dealkylation sites (tertiary alicyclic amines) is 1. The van der Waals surface area contributed by atoms with E-state index >= 15 is 0 Å². The summed E-state index contributed by atoms with van der Waals surface area (Å²) in [7, 11) is -4.11. The summed E-state index contributed by atoms with van der Waals surface area (Å²) in [5.74, 6) is 0. The number of urea groups is 2. The maximum atomic E-state index is 14.0. The van der Waals surface area contributed by atoms with Crippen LogP contribution in [0.2, 0.25) is 0 Å². The summed E-state index contributed by atoms with van der Waals surface area (Å²) in [6.07, 6.45) is -6.67. The van der Waals surface area contributed by atoms with Crippen LogP contribution in [0.25, 0.3) is 4.85 Å². The molecule has 0 aromatic heterocycles. The molecule has 4 amide bonds. The number of benzene rings is 2. The molecule has 3 atom stereocenters. The number of imide groups is 1. The van der Waals surface area contributed by atoms with Crippen molar-refractivity contribution in [2.45, 2.75) is 36.2 Å². The third kappa shape index (κ3) is 5.35. The third-order valence-corrected chi connectivity index (χ3v) is 7.90. The third-order valence-electron chi connectivity index (χ3n) is 6.75. The first-order valence-corrected chi connectivity index (χ1v) is 13.8. The Morgan fingerprint density at radius 1 is 1.15 bits per heavy atom. The highest BCUT2D eigenvalue weighted by molar-refractivity contribution is 7.90. The molecule has 2 aromatic rings. The summed E-state index contributed by atoms with van der Waals surface area (Å²) in [6.45, 7) is 8.34. The predicted octanol–water partition coefficient (Wildman–Crippen LogP) is 3.27. The second-order valence-corrected chi connectivity index (χ2v) is 11.5. The van der Waals surface area contributed by atoms with Crippen LogP contribution in [-0.4, -0.2) is 72.0 Å². The van der Waals surface area contributed by atoms with Gasteiger partial charge < -0.3 is 15.1 Å². The number of anilines is 1. The Morgan fingerprint density at radius 3 is 2.32 bits per heavy atom. The molecule has 2 heterocycles. The lowest BCUT2D eigenvalue weighted by atomic mass is 9.97. The first-order chi connectivity index (χ1) is 19.1. The molecule has 2 aliphatic heterocycles. The fourth-order valence-electron chi connectivity index (χ4n) is 4.77. The van der Waals surface area contributed by atoms with E-state index in [0.717, 1.165) is 34.3 Å². The fraction of sp³-hybridized carbons (Fsp3) is 0.308. The number of alkyl halides is 3. The summed E-state index contributed by atoms with van der Waals surface area (Å²) in [6, 6.07) is 4.88. The quantitative estimate of drug-likeness (QED) is 0.523. The van der Waals surface area contributed by atoms with Crippen LogP contribution in [0.1, 0.15) is 29.7 Å². The number of nitrogens with zero attached hydrogens (tertiary/aromatic N) is 5. The summed E-state index contributed by atoms with van der Waals surface area (Å²) in [4.78, 5) is 33.0. The van der Waals surface area contributed by atoms with Crippen molar-refractivity contribution in [1.29, 1.82) is 5.26 Å². The molecule has 11 nitrogen and oxygen atoms in total. The van der Waals surface area contributed by atoms with E-state index in [1.165, 1.54) is 25.1 Å². The van der Waals surface area contributed by atoms with Gasteiger partial charge in [-0.2, -0.15) is 18.4 Å². The van der Waals surface area contributed by atoms with Gasteiger partial charge in [0.15, 0.2) is 9.84 Å². The fourth-order valence-corrected chi connectivity index (χ4v) is 5.72. The summed E-state index contributed by atoms with van der Waals surface area (Å²) in [5.41, 5.74) is -2.20. The smallest absolute Gasteiger partial charge is 0.388 e. The van der Waals surface area contributed by atoms with Gasteiger partial charge in [-0.05, 0) is 42.8 Å². The predicted molar refractivity (Wildman–Crippen MR) is 136 cm³/mol. The molecule has 2 aliphatic rings. The molecule has 0 radical (unpaired) electrons. The largest absolute Gasteiger partial charge is 0.416 e. The molecular weight excluding hydrogens is 567 g/mol. The lowest BCUT2D eigenvalue weighted by Crippen LogP contribution is -2.55. The number of aliphatic hydroxyl groups excluding tert-OH is 2. The molecule has 0 saturated carbocycles. The van der Waals surface area contributed by atoms with Gasteiger partial charge in [0.25, 0.3) is 0 Å². The number of carbonyl (C=O) groups excluding carboxylic acids is 2. The van der Waals surface area contributed by atoms with Crippen LogP contribution in [-0.2, 0) is 16.0 Å². The number of carbonyl (C=O) groups is 2. The average molecular weight is 590 g/mol. The molecule has 15 heteroatoms. The molecule has 4 rings (SSSR count). The Labute approximate surface area is 232 Å². The minimum Gasteiger partial charge on any atom is -0.388 e. The zero-order chi connectivity index (χ0) is 30.4. The second kappa shape index (κ2) is 10.5. The van der Waals surface area contributed by atoms with E-state index in [-0.39, 0.29) is 28.2 Å². The number of allylic oxidation sites excluding steroid dienone is 1. The van der Waals surface area contributed by atoms with Gasteiger partial charge in [-0.1, -0.05) is 12.1 Å². The highest BCUT2D eigenvalue weighted by Crippen LogP contribution is 2.43. The molecule has 0 spiro atoms. The van der Waals surface area contributed by atoms with Crippen molar-refractivity contribution in [2.75, 3.05) is 24.2 Å². The molecule has 1 saturated heterocycles. The molecule has 0 bridgehead atoms. The lowest BCUT2D eigenvalue weighted by molar-refractivity contribution is -0.137. The van der Waals surface area contributed by atoms with Gasteiger partial charge >= 0.3 is 18.2 Å². The molecule has 1 fully saturated rings. The first-order valence-electron chi connectivity index (χ1n) is 11.9. The van der Waals surface area contributed by atoms with Crippen LogP contribution in [0.4, 0.5) is 28.4 Å². The Bertz CT molecular complexity index is 1650. The van der Waals surface area contributed by atoms with Crippen LogP contribution >= 0.6 is 0 Å². The van der Waals surface area contributed by atoms with Gasteiger partial charge in [0.05, 0.1) is 54.0 Å². The summed E-state index contributed by atoms with van der Waals surface area (Å²) < 4.78 is 66.0. The van der Waals surface area contributed by atoms with Crippen molar-refractivity contribution in [3.8, 4) is 6.07 Å². The van der Waals surface area contributed by atoms with Crippen molar-refractivity contribution in [3.05, 3.63) is 82.0 Å². The van der Waals surface area contributed by atoms with Gasteiger partial charge in [0.2, 0.25) is 5.70 Å². The van der Waals surface area contributed by atoms with Crippen molar-refractivity contribution in [2.24, 2.45) is 0 Å². The number of hydrogen-bond donors (Lipinski definition) is 2. The number of sulfone groups is 1. The molecular formula is C26H22F3N5O6S. The van der Waals surface area contributed by atoms with Gasteiger partial charge in [-0.25, -0.2) is 27.8 Å². The minimum atomic E-state index is -4.78. The van der Waals surface area contributed by atoms with E-state index in [0.29, 0.717) is 11.0 Å². The molecule has 41 heavy (non-hydrogen) atoms. The number of amides is 4. The summed E-state index contributed by atoms with van der Waals surface area (Å²) >= 11 is 0. The van der Waals surface area contributed by atoms with Crippen molar-refractivity contribution >= 4 is 27.6 Å². The van der Waals surface area contributed by atoms with Crippen molar-refractivity contribution in [3.63, 3.8) is 0 Å². The number of halogens is 3. The molecule has 0 unspecified atom stereocenters. The molecule has 0 aliphatic carbocycles. The second-order valence-electron chi connectivity index (χ2n) is 9.48. The minimum absolute atomic E-state index is 0.0596. The Balaban J connectivity index is 2.01. The standard InChI is InChI=1S/C26H22F3N5O6S/c1-14-22(31-2)23(18-8-7-15(11-30)9-21(18)41(3,39)40)34(24(37)32-12-19(35)20(36)13-32)25(38)33(14)17-6-4-5-16(10-17)26(27,28)29/h4-10,19-20,23,35-36H,12-13H2,1,3H3/t19-,20-,23+/m0/s1. The number of nitriles is 1. The highest BCUT2D eigenvalue weighted by Gasteiger charge is 2.48. The number of β-amino-alcohol motifs (C(OH)–C–C–N with tert-alkyl or cyclic N) is 2. The van der Waals surface area contributed by atoms with E-state index < -0.39 is 69.9 Å². The van der Waals surface area contributed by atoms with E-state index in [2.05, 4.69) is 4.85 Å². The van der Waals surface area contributed by atoms with Crippen LogP contribution in [0.15, 0.2) is 58.8 Å². The van der Waals surface area contributed by atoms with Crippen molar-refractivity contribution < 1.29 is 41.4 Å². The molecule has 214 valence electrons. The van der Waals surface area contributed by atoms with Crippen molar-refractivity contribution in [1.82, 2.24) is 9.80 Å². The van der Waals surface area contributed by atoms with Crippen LogP contribution in [0.3, 0.4) is 0 Å². The normalized spacial score (nSPS) is 21.6. The zero-order valence-electron chi connectivity index (χ0n) is 21.5. The molecule has 2 aromatic carbocycles. The maximum absolute atomic E-state index is 14.0. The van der Waals surface area contributed by atoms with E-state index in [4.69, 9.17) is 6.57 Å². The SMILES string of the molecule is [C-]#[N+]C1=C(C)N(c2cccc(C(F)(F)F)c2)C(=O)N(C(=O)N2C[C@H](O)[C@@H](O)C2)[C@@H]1c1ccc(C#N)cc1S(C)(=O)=O. The van der Waals surface area contributed by atoms with E-state index in [1.54, 1.807) is 6.07 Å². The van der Waals surface area contributed by atoms with Crippen LogP contribution < -0.4 is 4.90 Å². The number of hydrogen-bond acceptors (Lipinski definition) is 7. The highest BCUT2D eigenvalue weighted by atomic mass is 32.2. The zero-order valence-corrected chi connectivity index (χ0v) is 22.3. The molecule has 2 N–H and O–H groups in total.